The molecule has 0 spiro atoms. The average Bonchev–Trinajstić information content (AvgIpc) is 2.61. The molecule has 2 N–H and O–H groups in total. The molecule has 9 heteroatoms. The standard InChI is InChI=1S/C16H25F3N6/c1-2-15(25-8-4-3-5-9-25)6-10-24(11-7-15)14-22-12(16(17,18)19)21-13(20)23-14/h2-11H2,1H3,(H2,20,21,22,23). The molecule has 140 valence electrons. The first kappa shape index (κ1) is 18.2. The van der Waals surface area contributed by atoms with E-state index in [1.54, 1.807) is 4.90 Å². The molecule has 2 saturated heterocycles. The third-order valence-electron chi connectivity index (χ3n) is 5.56. The van der Waals surface area contributed by atoms with Gasteiger partial charge in [0, 0.05) is 18.6 Å². The van der Waals surface area contributed by atoms with Crippen LogP contribution in [0.2, 0.25) is 0 Å². The molecule has 2 aliphatic heterocycles. The topological polar surface area (TPSA) is 71.2 Å². The van der Waals surface area contributed by atoms with Gasteiger partial charge in [-0.2, -0.15) is 28.1 Å². The molecule has 0 radical (unpaired) electrons. The molecule has 3 rings (SSSR count). The van der Waals surface area contributed by atoms with Crippen LogP contribution in [-0.4, -0.2) is 51.6 Å². The summed E-state index contributed by atoms with van der Waals surface area (Å²) in [5, 5.41) is 0. The monoisotopic (exact) mass is 358 g/mol. The quantitative estimate of drug-likeness (QED) is 0.896. The Kier molecular flexibility index (Phi) is 5.04. The van der Waals surface area contributed by atoms with Crippen LogP contribution in [0.3, 0.4) is 0 Å². The van der Waals surface area contributed by atoms with Crippen LogP contribution in [-0.2, 0) is 6.18 Å². The van der Waals surface area contributed by atoms with Gasteiger partial charge in [-0.05, 0) is 45.2 Å². The van der Waals surface area contributed by atoms with E-state index in [4.69, 9.17) is 5.73 Å². The van der Waals surface area contributed by atoms with E-state index < -0.39 is 12.0 Å². The lowest BCUT2D eigenvalue weighted by Crippen LogP contribution is -2.56. The summed E-state index contributed by atoms with van der Waals surface area (Å²) in [6.07, 6.45) is 1.96. The first-order chi connectivity index (χ1) is 11.8. The maximum absolute atomic E-state index is 12.9. The number of aromatic nitrogens is 3. The van der Waals surface area contributed by atoms with Crippen molar-refractivity contribution in [2.45, 2.75) is 57.2 Å². The highest BCUT2D eigenvalue weighted by molar-refractivity contribution is 5.36. The Morgan fingerprint density at radius 3 is 2.20 bits per heavy atom. The number of rotatable bonds is 3. The molecule has 6 nitrogen and oxygen atoms in total. The third kappa shape index (κ3) is 3.80. The van der Waals surface area contributed by atoms with E-state index in [1.807, 2.05) is 0 Å². The molecule has 0 amide bonds. The molecular weight excluding hydrogens is 333 g/mol. The van der Waals surface area contributed by atoms with Crippen molar-refractivity contribution in [3.05, 3.63) is 5.82 Å². The van der Waals surface area contributed by atoms with E-state index in [2.05, 4.69) is 26.8 Å². The number of alkyl halides is 3. The van der Waals surface area contributed by atoms with Crippen LogP contribution in [0.5, 0.6) is 0 Å². The van der Waals surface area contributed by atoms with Crippen LogP contribution >= 0.6 is 0 Å². The van der Waals surface area contributed by atoms with Crippen LogP contribution in [0, 0.1) is 0 Å². The van der Waals surface area contributed by atoms with Crippen molar-refractivity contribution < 1.29 is 13.2 Å². The lowest BCUT2D eigenvalue weighted by molar-refractivity contribution is -0.144. The van der Waals surface area contributed by atoms with Gasteiger partial charge in [0.25, 0.3) is 0 Å². The van der Waals surface area contributed by atoms with E-state index in [0.717, 1.165) is 32.4 Å². The zero-order chi connectivity index (χ0) is 18.1. The Labute approximate surface area is 145 Å². The largest absolute Gasteiger partial charge is 0.451 e. The molecule has 0 unspecified atom stereocenters. The lowest BCUT2D eigenvalue weighted by Gasteiger charge is -2.50. The number of hydrogen-bond acceptors (Lipinski definition) is 6. The second kappa shape index (κ2) is 6.93. The van der Waals surface area contributed by atoms with Gasteiger partial charge in [0.2, 0.25) is 17.7 Å². The first-order valence-electron chi connectivity index (χ1n) is 8.93. The molecule has 0 aromatic carbocycles. The van der Waals surface area contributed by atoms with E-state index in [0.29, 0.717) is 13.1 Å². The summed E-state index contributed by atoms with van der Waals surface area (Å²) in [5.41, 5.74) is 5.60. The van der Waals surface area contributed by atoms with Gasteiger partial charge in [-0.3, -0.25) is 4.90 Å². The van der Waals surface area contributed by atoms with Crippen LogP contribution in [0.1, 0.15) is 51.3 Å². The fourth-order valence-corrected chi connectivity index (χ4v) is 4.03. The molecule has 1 aromatic rings. The number of nitrogens with zero attached hydrogens (tertiary/aromatic N) is 5. The van der Waals surface area contributed by atoms with Crippen LogP contribution in [0.15, 0.2) is 0 Å². The molecule has 0 bridgehead atoms. The van der Waals surface area contributed by atoms with Gasteiger partial charge in [-0.1, -0.05) is 13.3 Å². The second-order valence-corrected chi connectivity index (χ2v) is 6.93. The van der Waals surface area contributed by atoms with Gasteiger partial charge in [0.15, 0.2) is 0 Å². The Hall–Kier alpha value is -1.64. The Morgan fingerprint density at radius 1 is 1.00 bits per heavy atom. The molecule has 2 aliphatic rings. The van der Waals surface area contributed by atoms with Crippen molar-refractivity contribution in [3.8, 4) is 0 Å². The number of anilines is 2. The van der Waals surface area contributed by atoms with E-state index in [-0.39, 0.29) is 17.4 Å². The summed E-state index contributed by atoms with van der Waals surface area (Å²) < 4.78 is 38.7. The smallest absolute Gasteiger partial charge is 0.368 e. The number of piperidine rings is 2. The zero-order valence-electron chi connectivity index (χ0n) is 14.5. The minimum Gasteiger partial charge on any atom is -0.368 e. The summed E-state index contributed by atoms with van der Waals surface area (Å²) in [7, 11) is 0. The van der Waals surface area contributed by atoms with Crippen LogP contribution < -0.4 is 10.6 Å². The summed E-state index contributed by atoms with van der Waals surface area (Å²) in [4.78, 5) is 15.1. The molecule has 2 fully saturated rings. The highest BCUT2D eigenvalue weighted by Gasteiger charge is 2.40. The SMILES string of the molecule is CCC1(N2CCCCC2)CCN(c2nc(N)nc(C(F)(F)F)n2)CC1. The van der Waals surface area contributed by atoms with Gasteiger partial charge < -0.3 is 10.6 Å². The Bertz CT molecular complexity index is 592. The van der Waals surface area contributed by atoms with Crippen molar-refractivity contribution in [1.29, 1.82) is 0 Å². The Balaban J connectivity index is 1.74. The van der Waals surface area contributed by atoms with Crippen LogP contribution in [0.4, 0.5) is 25.1 Å². The van der Waals surface area contributed by atoms with Crippen molar-refractivity contribution >= 4 is 11.9 Å². The zero-order valence-corrected chi connectivity index (χ0v) is 14.5. The van der Waals surface area contributed by atoms with Crippen molar-refractivity contribution in [2.24, 2.45) is 0 Å². The second-order valence-electron chi connectivity index (χ2n) is 6.93. The molecular formula is C16H25F3N6. The summed E-state index contributed by atoms with van der Waals surface area (Å²) in [6, 6.07) is 0. The number of nitrogens with two attached hydrogens (primary N) is 1. The number of likely N-dealkylation sites (tertiary alicyclic amines) is 1. The maximum atomic E-state index is 12.9. The summed E-state index contributed by atoms with van der Waals surface area (Å²) in [6.45, 7) is 5.69. The third-order valence-corrected chi connectivity index (χ3v) is 5.56. The molecule has 0 saturated carbocycles. The van der Waals surface area contributed by atoms with Gasteiger partial charge in [0.1, 0.15) is 0 Å². The normalized spacial score (nSPS) is 22.2. The van der Waals surface area contributed by atoms with Crippen LogP contribution in [0.25, 0.3) is 0 Å². The molecule has 25 heavy (non-hydrogen) atoms. The van der Waals surface area contributed by atoms with Crippen molar-refractivity contribution in [2.75, 3.05) is 36.8 Å². The summed E-state index contributed by atoms with van der Waals surface area (Å²) in [5.74, 6) is -1.58. The van der Waals surface area contributed by atoms with E-state index >= 15 is 0 Å². The summed E-state index contributed by atoms with van der Waals surface area (Å²) >= 11 is 0. The lowest BCUT2D eigenvalue weighted by atomic mass is 9.82. The van der Waals surface area contributed by atoms with E-state index in [1.165, 1.54) is 19.3 Å². The van der Waals surface area contributed by atoms with Gasteiger partial charge >= 0.3 is 6.18 Å². The molecule has 0 atom stereocenters. The number of halogens is 3. The number of hydrogen-bond donors (Lipinski definition) is 1. The highest BCUT2D eigenvalue weighted by atomic mass is 19.4. The van der Waals surface area contributed by atoms with Crippen molar-refractivity contribution in [3.63, 3.8) is 0 Å². The Morgan fingerprint density at radius 2 is 1.64 bits per heavy atom. The van der Waals surface area contributed by atoms with Gasteiger partial charge in [0.05, 0.1) is 0 Å². The first-order valence-corrected chi connectivity index (χ1v) is 8.93. The predicted molar refractivity (Wildman–Crippen MR) is 89.1 cm³/mol. The van der Waals surface area contributed by atoms with Gasteiger partial charge in [-0.15, -0.1) is 0 Å². The molecule has 1 aromatic heterocycles. The molecule has 0 aliphatic carbocycles. The minimum atomic E-state index is -4.62. The minimum absolute atomic E-state index is 0.0307. The van der Waals surface area contributed by atoms with Gasteiger partial charge in [-0.25, -0.2) is 0 Å². The molecule has 3 heterocycles. The average molecular weight is 358 g/mol. The predicted octanol–water partition coefficient (Wildman–Crippen LogP) is 2.71. The van der Waals surface area contributed by atoms with Crippen molar-refractivity contribution in [1.82, 2.24) is 19.9 Å². The fraction of sp³-hybridized carbons (Fsp3) is 0.812. The maximum Gasteiger partial charge on any atom is 0.451 e. The highest BCUT2D eigenvalue weighted by Crippen LogP contribution is 2.35. The fourth-order valence-electron chi connectivity index (χ4n) is 4.03. The number of nitrogen functional groups attached to an aromatic ring is 1. The van der Waals surface area contributed by atoms with E-state index in [9.17, 15) is 13.2 Å².